The standard InChI is InChI=1S/C26H22ClF7N2O3/c1-13-6-14(2-3-17(13)22(37)35-16-9-23(10-16)11-38-12-23)20-4-5-24(39-36-20,26(32,33)34)18-7-15(25(29,30)31)8-19(27)21(18)28/h2-3,6-8,16H,4-5,9-12H2,1H3,(H,35,37)/t24-/m1/s1. The molecule has 2 fully saturated rings. The van der Waals surface area contributed by atoms with Gasteiger partial charge >= 0.3 is 12.4 Å². The number of carbonyl (C=O) groups is 1. The van der Waals surface area contributed by atoms with E-state index in [1.54, 1.807) is 13.0 Å². The zero-order valence-corrected chi connectivity index (χ0v) is 21.2. The van der Waals surface area contributed by atoms with Crippen LogP contribution in [-0.4, -0.2) is 37.1 Å². The van der Waals surface area contributed by atoms with Gasteiger partial charge in [-0.25, -0.2) is 4.39 Å². The average molecular weight is 579 g/mol. The highest BCUT2D eigenvalue weighted by Gasteiger charge is 2.62. The molecule has 0 radical (unpaired) electrons. The minimum Gasteiger partial charge on any atom is -0.380 e. The largest absolute Gasteiger partial charge is 0.435 e. The minimum atomic E-state index is -5.32. The maximum absolute atomic E-state index is 14.7. The maximum Gasteiger partial charge on any atom is 0.435 e. The summed E-state index contributed by atoms with van der Waals surface area (Å²) < 4.78 is 102. The van der Waals surface area contributed by atoms with Crippen LogP contribution in [0.1, 0.15) is 58.3 Å². The van der Waals surface area contributed by atoms with Crippen LogP contribution in [-0.2, 0) is 21.4 Å². The molecule has 1 N–H and O–H groups in total. The number of benzene rings is 2. The molecule has 1 amide bonds. The molecule has 13 heteroatoms. The number of amides is 1. The topological polar surface area (TPSA) is 59.9 Å². The van der Waals surface area contributed by atoms with E-state index in [0.29, 0.717) is 29.9 Å². The molecule has 1 saturated heterocycles. The molecular weight excluding hydrogens is 557 g/mol. The van der Waals surface area contributed by atoms with Gasteiger partial charge in [0.15, 0.2) is 0 Å². The fraction of sp³-hybridized carbons (Fsp3) is 0.462. The molecule has 3 aliphatic rings. The third-order valence-electron chi connectivity index (χ3n) is 7.59. The summed E-state index contributed by atoms with van der Waals surface area (Å²) in [5.41, 5.74) is -4.91. The summed E-state index contributed by atoms with van der Waals surface area (Å²) >= 11 is 5.54. The first-order chi connectivity index (χ1) is 18.1. The number of oxime groups is 1. The van der Waals surface area contributed by atoms with Crippen molar-refractivity contribution in [2.24, 2.45) is 10.6 Å². The fourth-order valence-electron chi connectivity index (χ4n) is 5.37. The predicted molar refractivity (Wildman–Crippen MR) is 126 cm³/mol. The van der Waals surface area contributed by atoms with Crippen LogP contribution in [0.5, 0.6) is 0 Å². The van der Waals surface area contributed by atoms with E-state index >= 15 is 0 Å². The normalized spacial score (nSPS) is 22.9. The molecule has 1 saturated carbocycles. The monoisotopic (exact) mass is 578 g/mol. The van der Waals surface area contributed by atoms with Gasteiger partial charge in [0.2, 0.25) is 0 Å². The maximum atomic E-state index is 14.7. The lowest BCUT2D eigenvalue weighted by atomic mass is 9.64. The van der Waals surface area contributed by atoms with Crippen molar-refractivity contribution < 1.29 is 45.1 Å². The Bertz CT molecular complexity index is 1350. The molecule has 5 nitrogen and oxygen atoms in total. The van der Waals surface area contributed by atoms with Crippen LogP contribution < -0.4 is 5.32 Å². The quantitative estimate of drug-likeness (QED) is 0.412. The number of alkyl halides is 6. The third-order valence-corrected chi connectivity index (χ3v) is 7.86. The van der Waals surface area contributed by atoms with Gasteiger partial charge < -0.3 is 14.9 Å². The first-order valence-corrected chi connectivity index (χ1v) is 12.4. The van der Waals surface area contributed by atoms with Gasteiger partial charge in [-0.05, 0) is 61.6 Å². The second kappa shape index (κ2) is 9.36. The molecule has 210 valence electrons. The van der Waals surface area contributed by atoms with Crippen LogP contribution in [0, 0.1) is 18.2 Å². The van der Waals surface area contributed by atoms with E-state index in [4.69, 9.17) is 21.2 Å². The summed E-state index contributed by atoms with van der Waals surface area (Å²) in [5.74, 6) is -1.96. The van der Waals surface area contributed by atoms with Gasteiger partial charge in [0, 0.05) is 29.0 Å². The Morgan fingerprint density at radius 3 is 2.31 bits per heavy atom. The second-order valence-corrected chi connectivity index (χ2v) is 10.8. The van der Waals surface area contributed by atoms with Crippen LogP contribution in [0.15, 0.2) is 35.5 Å². The van der Waals surface area contributed by atoms with Gasteiger partial charge in [-0.3, -0.25) is 4.79 Å². The van der Waals surface area contributed by atoms with Crippen molar-refractivity contribution in [2.45, 2.75) is 56.6 Å². The van der Waals surface area contributed by atoms with Crippen LogP contribution in [0.25, 0.3) is 0 Å². The molecule has 2 aliphatic heterocycles. The van der Waals surface area contributed by atoms with E-state index in [9.17, 15) is 35.5 Å². The molecule has 1 aliphatic carbocycles. The number of nitrogens with zero attached hydrogens (tertiary/aromatic N) is 1. The Morgan fingerprint density at radius 1 is 1.10 bits per heavy atom. The average Bonchev–Trinajstić information content (AvgIpc) is 2.80. The third kappa shape index (κ3) is 4.86. The van der Waals surface area contributed by atoms with Crippen molar-refractivity contribution in [2.75, 3.05) is 13.2 Å². The van der Waals surface area contributed by atoms with Crippen molar-refractivity contribution in [3.63, 3.8) is 0 Å². The molecule has 0 bridgehead atoms. The van der Waals surface area contributed by atoms with Crippen LogP contribution in [0.3, 0.4) is 0 Å². The van der Waals surface area contributed by atoms with Crippen molar-refractivity contribution >= 4 is 23.2 Å². The van der Waals surface area contributed by atoms with Crippen LogP contribution >= 0.6 is 11.6 Å². The molecule has 5 rings (SSSR count). The summed E-state index contributed by atoms with van der Waals surface area (Å²) in [6.07, 6.45) is -10.1. The van der Waals surface area contributed by atoms with Crippen molar-refractivity contribution in [3.05, 3.63) is 69.0 Å². The van der Waals surface area contributed by atoms with Gasteiger partial charge in [-0.15, -0.1) is 0 Å². The van der Waals surface area contributed by atoms with Crippen molar-refractivity contribution in [1.82, 2.24) is 5.32 Å². The zero-order chi connectivity index (χ0) is 28.4. The van der Waals surface area contributed by atoms with E-state index in [1.165, 1.54) is 12.1 Å². The number of halogens is 8. The van der Waals surface area contributed by atoms with Gasteiger partial charge in [-0.1, -0.05) is 22.8 Å². The summed E-state index contributed by atoms with van der Waals surface area (Å²) in [5, 5.41) is 5.41. The Labute approximate surface area is 223 Å². The van der Waals surface area contributed by atoms with Gasteiger partial charge in [-0.2, -0.15) is 26.3 Å². The highest BCUT2D eigenvalue weighted by molar-refractivity contribution is 6.30. The smallest absolute Gasteiger partial charge is 0.380 e. The molecule has 39 heavy (non-hydrogen) atoms. The molecular formula is C26H22ClF7N2O3. The molecule has 2 aromatic rings. The van der Waals surface area contributed by atoms with Crippen molar-refractivity contribution in [3.8, 4) is 0 Å². The Morgan fingerprint density at radius 2 is 1.79 bits per heavy atom. The minimum absolute atomic E-state index is 0.0387. The second-order valence-electron chi connectivity index (χ2n) is 10.4. The predicted octanol–water partition coefficient (Wildman–Crippen LogP) is 6.69. The zero-order valence-electron chi connectivity index (χ0n) is 20.4. The number of hydrogen-bond acceptors (Lipinski definition) is 4. The number of ether oxygens (including phenoxy) is 1. The van der Waals surface area contributed by atoms with Crippen LogP contribution in [0.2, 0.25) is 5.02 Å². The van der Waals surface area contributed by atoms with Gasteiger partial charge in [0.25, 0.3) is 11.5 Å². The molecule has 2 aromatic carbocycles. The Hall–Kier alpha value is -2.86. The summed E-state index contributed by atoms with van der Waals surface area (Å²) in [6.45, 7) is 3.05. The lowest BCUT2D eigenvalue weighted by Gasteiger charge is -2.53. The van der Waals surface area contributed by atoms with Crippen molar-refractivity contribution in [1.29, 1.82) is 0 Å². The number of rotatable bonds is 4. The number of aryl methyl sites for hydroxylation is 1. The molecule has 2 heterocycles. The first kappa shape index (κ1) is 27.7. The van der Waals surface area contributed by atoms with Crippen LogP contribution in [0.4, 0.5) is 30.7 Å². The SMILES string of the molecule is Cc1cc(C2=NO[C@](c3cc(C(F)(F)F)cc(Cl)c3F)(C(F)(F)F)CC2)ccc1C(=O)NC1CC2(COC2)C1. The van der Waals surface area contributed by atoms with E-state index in [0.717, 1.165) is 12.8 Å². The molecule has 0 aromatic heterocycles. The first-order valence-electron chi connectivity index (χ1n) is 12.0. The van der Waals surface area contributed by atoms with Gasteiger partial charge in [0.05, 0.1) is 29.5 Å². The van der Waals surface area contributed by atoms with E-state index < -0.39 is 52.8 Å². The van der Waals surface area contributed by atoms with E-state index in [1.807, 2.05) is 0 Å². The number of nitrogens with one attached hydrogen (secondary N) is 1. The molecule has 1 atom stereocenters. The number of hydrogen-bond donors (Lipinski definition) is 1. The Kier molecular flexibility index (Phi) is 6.65. The Balaban J connectivity index is 1.38. The lowest BCUT2D eigenvalue weighted by molar-refractivity contribution is -0.292. The number of carbonyl (C=O) groups excluding carboxylic acids is 1. The molecule has 0 unspecified atom stereocenters. The van der Waals surface area contributed by atoms with E-state index in [2.05, 4.69) is 10.5 Å². The fourth-order valence-corrected chi connectivity index (χ4v) is 5.59. The summed E-state index contributed by atoms with van der Waals surface area (Å²) in [6, 6.07) is 4.87. The summed E-state index contributed by atoms with van der Waals surface area (Å²) in [4.78, 5) is 17.6. The lowest BCUT2D eigenvalue weighted by Crippen LogP contribution is -2.59. The highest BCUT2D eigenvalue weighted by Crippen LogP contribution is 2.51. The molecule has 1 spiro atoms. The van der Waals surface area contributed by atoms with Gasteiger partial charge in [0.1, 0.15) is 5.82 Å². The van der Waals surface area contributed by atoms with E-state index in [-0.39, 0.29) is 35.2 Å². The summed E-state index contributed by atoms with van der Waals surface area (Å²) in [7, 11) is 0. The highest BCUT2D eigenvalue weighted by atomic mass is 35.5.